The highest BCUT2D eigenvalue weighted by Gasteiger charge is 2.20. The second-order valence-corrected chi connectivity index (χ2v) is 7.84. The molecule has 0 aliphatic heterocycles. The van der Waals surface area contributed by atoms with E-state index in [2.05, 4.69) is 20.5 Å². The molecule has 0 saturated carbocycles. The average molecular weight is 386 g/mol. The van der Waals surface area contributed by atoms with Crippen LogP contribution in [0.15, 0.2) is 64.6 Å². The van der Waals surface area contributed by atoms with Gasteiger partial charge in [0.25, 0.3) is 5.91 Å². The van der Waals surface area contributed by atoms with E-state index >= 15 is 0 Å². The number of benzene rings is 1. The van der Waals surface area contributed by atoms with Gasteiger partial charge in [-0.15, -0.1) is 5.10 Å². The van der Waals surface area contributed by atoms with Crippen molar-refractivity contribution >= 4 is 21.6 Å². The first-order valence-electron chi connectivity index (χ1n) is 8.16. The molecule has 0 spiro atoms. The first kappa shape index (κ1) is 18.6. The molecule has 27 heavy (non-hydrogen) atoms. The van der Waals surface area contributed by atoms with E-state index in [4.69, 9.17) is 4.74 Å². The predicted molar refractivity (Wildman–Crippen MR) is 98.4 cm³/mol. The Morgan fingerprint density at radius 2 is 1.96 bits per heavy atom. The number of hydrogen-bond donors (Lipinski definition) is 2. The van der Waals surface area contributed by atoms with Crippen molar-refractivity contribution in [2.75, 3.05) is 5.32 Å². The lowest BCUT2D eigenvalue weighted by Gasteiger charge is -2.07. The van der Waals surface area contributed by atoms with E-state index in [1.165, 1.54) is 36.5 Å². The number of anilines is 1. The number of sulfone groups is 1. The molecule has 0 unspecified atom stereocenters. The van der Waals surface area contributed by atoms with Gasteiger partial charge in [0.05, 0.1) is 11.0 Å². The van der Waals surface area contributed by atoms with Crippen LogP contribution in [-0.2, 0) is 9.84 Å². The number of carbonyl (C=O) groups is 1. The molecule has 2 N–H and O–H groups in total. The number of rotatable bonds is 6. The third kappa shape index (κ3) is 4.32. The van der Waals surface area contributed by atoms with E-state index in [-0.39, 0.29) is 21.6 Å². The van der Waals surface area contributed by atoms with E-state index in [0.29, 0.717) is 11.7 Å². The Kier molecular flexibility index (Phi) is 5.22. The third-order valence-electron chi connectivity index (χ3n) is 3.48. The number of nitrogens with zero attached hydrogens (tertiary/aromatic N) is 2. The van der Waals surface area contributed by atoms with Crippen LogP contribution in [0, 0.1) is 0 Å². The van der Waals surface area contributed by atoms with Gasteiger partial charge in [-0.05, 0) is 44.2 Å². The van der Waals surface area contributed by atoms with Gasteiger partial charge < -0.3 is 10.1 Å². The molecule has 1 amide bonds. The zero-order valence-corrected chi connectivity index (χ0v) is 15.5. The summed E-state index contributed by atoms with van der Waals surface area (Å²) in [6, 6.07) is 11.9. The Hall–Kier alpha value is -3.20. The first-order chi connectivity index (χ1) is 12.9. The lowest BCUT2D eigenvalue weighted by atomic mass is 10.2. The van der Waals surface area contributed by atoms with E-state index in [1.807, 2.05) is 13.8 Å². The number of aromatic amines is 1. The third-order valence-corrected chi connectivity index (χ3v) is 5.15. The second-order valence-electron chi connectivity index (χ2n) is 5.94. The van der Waals surface area contributed by atoms with Gasteiger partial charge in [-0.2, -0.15) is 0 Å². The summed E-state index contributed by atoms with van der Waals surface area (Å²) >= 11 is 0. The summed E-state index contributed by atoms with van der Waals surface area (Å²) in [6.07, 6.45) is 1.35. The molecule has 3 aromatic rings. The monoisotopic (exact) mass is 386 g/mol. The molecule has 140 valence electrons. The van der Waals surface area contributed by atoms with E-state index in [9.17, 15) is 13.2 Å². The molecule has 0 aliphatic rings. The predicted octanol–water partition coefficient (Wildman–Crippen LogP) is 2.68. The highest BCUT2D eigenvalue weighted by Crippen LogP contribution is 2.21. The second kappa shape index (κ2) is 7.58. The van der Waals surface area contributed by atoms with Gasteiger partial charge in [0.15, 0.2) is 5.03 Å². The fraction of sp³-hybridized carbons (Fsp3) is 0.167. The molecule has 2 heterocycles. The molecule has 1 aromatic carbocycles. The molecular formula is C18H18N4O4S. The lowest BCUT2D eigenvalue weighted by Crippen LogP contribution is -2.13. The molecule has 0 bridgehead atoms. The minimum absolute atomic E-state index is 0.0118. The highest BCUT2D eigenvalue weighted by molar-refractivity contribution is 7.91. The zero-order chi connectivity index (χ0) is 19.4. The van der Waals surface area contributed by atoms with Crippen LogP contribution in [0.25, 0.3) is 0 Å². The van der Waals surface area contributed by atoms with Crippen LogP contribution in [-0.4, -0.2) is 35.6 Å². The van der Waals surface area contributed by atoms with Crippen molar-refractivity contribution in [3.05, 3.63) is 60.3 Å². The SMILES string of the molecule is CC(C)Oc1cc(NC(=O)c2cccc(S(=O)(=O)c3ccccn3)c2)[nH]n1. The topological polar surface area (TPSA) is 114 Å². The fourth-order valence-corrected chi connectivity index (χ4v) is 3.53. The molecule has 2 aromatic heterocycles. The Balaban J connectivity index is 1.81. The maximum Gasteiger partial charge on any atom is 0.256 e. The van der Waals surface area contributed by atoms with Gasteiger partial charge in [0.2, 0.25) is 15.7 Å². The quantitative estimate of drug-likeness (QED) is 0.673. The Bertz CT molecular complexity index is 1050. The molecule has 3 rings (SSSR count). The van der Waals surface area contributed by atoms with Gasteiger partial charge in [0, 0.05) is 17.8 Å². The number of H-pyrrole nitrogens is 1. The summed E-state index contributed by atoms with van der Waals surface area (Å²) in [7, 11) is -3.81. The average Bonchev–Trinajstić information content (AvgIpc) is 3.08. The Morgan fingerprint density at radius 3 is 2.67 bits per heavy atom. The normalized spacial score (nSPS) is 11.4. The Morgan fingerprint density at radius 1 is 1.15 bits per heavy atom. The number of amides is 1. The van der Waals surface area contributed by atoms with E-state index in [0.717, 1.165) is 0 Å². The van der Waals surface area contributed by atoms with Crippen LogP contribution < -0.4 is 10.1 Å². The number of ether oxygens (including phenoxy) is 1. The summed E-state index contributed by atoms with van der Waals surface area (Å²) < 4.78 is 30.7. The van der Waals surface area contributed by atoms with Crippen LogP contribution in [0.4, 0.5) is 5.82 Å². The van der Waals surface area contributed by atoms with Crippen LogP contribution in [0.2, 0.25) is 0 Å². The molecule has 9 heteroatoms. The number of pyridine rings is 1. The van der Waals surface area contributed by atoms with Crippen molar-refractivity contribution in [3.8, 4) is 5.88 Å². The lowest BCUT2D eigenvalue weighted by molar-refractivity contribution is 0.102. The maximum absolute atomic E-state index is 12.6. The summed E-state index contributed by atoms with van der Waals surface area (Å²) in [5.41, 5.74) is 0.188. The van der Waals surface area contributed by atoms with Gasteiger partial charge in [0.1, 0.15) is 5.82 Å². The fourth-order valence-electron chi connectivity index (χ4n) is 2.30. The molecular weight excluding hydrogens is 368 g/mol. The standard InChI is InChI=1S/C18H18N4O4S/c1-12(2)26-16-11-15(21-22-16)20-18(23)13-6-5-7-14(10-13)27(24,25)17-8-3-4-9-19-17/h3-12H,1-2H3,(H2,20,21,22,23). The number of aromatic nitrogens is 3. The summed E-state index contributed by atoms with van der Waals surface area (Å²) in [5, 5.41) is 9.13. The highest BCUT2D eigenvalue weighted by atomic mass is 32.2. The number of hydrogen-bond acceptors (Lipinski definition) is 6. The van der Waals surface area contributed by atoms with Crippen LogP contribution in [0.5, 0.6) is 5.88 Å². The minimum Gasteiger partial charge on any atom is -0.474 e. The van der Waals surface area contributed by atoms with Gasteiger partial charge in [-0.1, -0.05) is 12.1 Å². The van der Waals surface area contributed by atoms with Crippen molar-refractivity contribution in [1.29, 1.82) is 0 Å². The summed E-state index contributed by atoms with van der Waals surface area (Å²) in [5.74, 6) is 0.216. The van der Waals surface area contributed by atoms with Gasteiger partial charge >= 0.3 is 0 Å². The zero-order valence-electron chi connectivity index (χ0n) is 14.7. The van der Waals surface area contributed by atoms with E-state index < -0.39 is 15.7 Å². The van der Waals surface area contributed by atoms with Gasteiger partial charge in [-0.25, -0.2) is 13.4 Å². The Labute approximate surface area is 156 Å². The molecule has 0 radical (unpaired) electrons. The molecule has 8 nitrogen and oxygen atoms in total. The minimum atomic E-state index is -3.81. The van der Waals surface area contributed by atoms with Crippen LogP contribution in [0.3, 0.4) is 0 Å². The van der Waals surface area contributed by atoms with Crippen molar-refractivity contribution in [2.45, 2.75) is 29.9 Å². The van der Waals surface area contributed by atoms with Crippen LogP contribution >= 0.6 is 0 Å². The van der Waals surface area contributed by atoms with Gasteiger partial charge in [-0.3, -0.25) is 9.89 Å². The number of nitrogens with one attached hydrogen (secondary N) is 2. The van der Waals surface area contributed by atoms with Crippen molar-refractivity contribution in [1.82, 2.24) is 15.2 Å². The molecule has 0 saturated heterocycles. The summed E-state index contributed by atoms with van der Waals surface area (Å²) in [4.78, 5) is 16.3. The van der Waals surface area contributed by atoms with Crippen LogP contribution in [0.1, 0.15) is 24.2 Å². The van der Waals surface area contributed by atoms with Crippen molar-refractivity contribution < 1.29 is 17.9 Å². The molecule has 0 fully saturated rings. The maximum atomic E-state index is 12.6. The smallest absolute Gasteiger partial charge is 0.256 e. The van der Waals surface area contributed by atoms with Crippen molar-refractivity contribution in [3.63, 3.8) is 0 Å². The molecule has 0 atom stereocenters. The largest absolute Gasteiger partial charge is 0.474 e. The molecule has 0 aliphatic carbocycles. The first-order valence-corrected chi connectivity index (χ1v) is 9.64. The van der Waals surface area contributed by atoms with E-state index in [1.54, 1.807) is 18.2 Å². The van der Waals surface area contributed by atoms with Crippen molar-refractivity contribution in [2.24, 2.45) is 0 Å². The number of carbonyl (C=O) groups excluding carboxylic acids is 1. The summed E-state index contributed by atoms with van der Waals surface area (Å²) in [6.45, 7) is 3.72.